The summed E-state index contributed by atoms with van der Waals surface area (Å²) in [5.74, 6) is 4.93. The second-order valence-electron chi connectivity index (χ2n) is 34.4. The molecule has 0 saturated heterocycles. The van der Waals surface area contributed by atoms with Gasteiger partial charge in [0.25, 0.3) is 0 Å². The molecule has 732 valence electrons. The standard InChI is InChI=1S/C24H29N5O2.C22H25N5O2.3C20H23N5O2/c1-4-5-11-22(25-2)18-8-6-9-19(15-18)31-16-21-20(17-13-14-17)10-7-12-23(21)29-24(30)28(3)26-27-29;1-14-8-9-17(15(2)23-3)12-21(14)29-13-19-18(16-10-11-16)6-5-7-20(19)27-22(28)26(4)24-25-27;1-13-7-6-8-18(25-20(26)24(5)22-23-25)17(13)12-27-19-11-16(15(3)21-4)10-9-14(19)2;2*1-5-18(21-3)15-9-7-10-16(12-15)27-13-17-14(2)8-6-11-19(17)25-20(26)24(4)22-23-25/h6-10,12,15,17H,4-5,11,13-14,16H2,1-3H3;5-9,12,16H,10-11,13H2,1-4H3;6-11H,12H2,1-5H3;2*6-12H,5,13H2,1-4H3. The van der Waals surface area contributed by atoms with E-state index < -0.39 is 0 Å². The van der Waals surface area contributed by atoms with Gasteiger partial charge in [0.15, 0.2) is 0 Å². The van der Waals surface area contributed by atoms with Gasteiger partial charge in [0.2, 0.25) is 0 Å². The minimum atomic E-state index is -0.296. The van der Waals surface area contributed by atoms with Crippen molar-refractivity contribution in [2.45, 2.75) is 172 Å². The van der Waals surface area contributed by atoms with Crippen molar-refractivity contribution in [2.75, 3.05) is 35.2 Å². The molecule has 141 heavy (non-hydrogen) atoms. The first-order chi connectivity index (χ1) is 68.1. The molecule has 0 amide bonds. The molecule has 2 aliphatic rings. The van der Waals surface area contributed by atoms with Crippen LogP contribution >= 0.6 is 0 Å². The monoisotopic (exact) mass is 1910 g/mol. The highest BCUT2D eigenvalue weighted by molar-refractivity contribution is 6.02. The summed E-state index contributed by atoms with van der Waals surface area (Å²) in [4.78, 5) is 83.3. The van der Waals surface area contributed by atoms with Gasteiger partial charge >= 0.3 is 28.4 Å². The molecular formula is C106H123N25O10. The van der Waals surface area contributed by atoms with Crippen molar-refractivity contribution in [3.8, 4) is 57.2 Å². The number of rotatable bonds is 32. The second-order valence-corrected chi connectivity index (χ2v) is 34.4. The number of aliphatic imine (C=N–C) groups is 5. The molecule has 2 aliphatic carbocycles. The Morgan fingerprint density at radius 2 is 0.582 bits per heavy atom. The zero-order valence-electron chi connectivity index (χ0n) is 83.9. The summed E-state index contributed by atoms with van der Waals surface area (Å²) in [7, 11) is 16.9. The average molecular weight is 1910 g/mol. The lowest BCUT2D eigenvalue weighted by Gasteiger charge is -2.16. The molecule has 0 aliphatic heterocycles. The number of ether oxygens (including phenoxy) is 5. The third-order valence-electron chi connectivity index (χ3n) is 24.8. The minimum absolute atomic E-state index is 0.268. The summed E-state index contributed by atoms with van der Waals surface area (Å²) in [6.45, 7) is 22.0. The van der Waals surface area contributed by atoms with Crippen LogP contribution in [-0.4, -0.2) is 163 Å². The lowest BCUT2D eigenvalue weighted by atomic mass is 10.0. The van der Waals surface area contributed by atoms with Gasteiger partial charge in [0.1, 0.15) is 61.8 Å². The maximum atomic E-state index is 12.5. The van der Waals surface area contributed by atoms with Crippen molar-refractivity contribution in [2.24, 2.45) is 60.2 Å². The van der Waals surface area contributed by atoms with Crippen LogP contribution in [0, 0.1) is 34.6 Å². The maximum absolute atomic E-state index is 12.5. The zero-order valence-corrected chi connectivity index (χ0v) is 83.9. The Morgan fingerprint density at radius 1 is 0.305 bits per heavy atom. The Balaban J connectivity index is 0.000000148. The van der Waals surface area contributed by atoms with Crippen LogP contribution in [0.4, 0.5) is 0 Å². The van der Waals surface area contributed by atoms with Gasteiger partial charge in [-0.1, -0.05) is 149 Å². The Bertz CT molecular complexity index is 7260. The third kappa shape index (κ3) is 24.9. The molecule has 17 rings (SSSR count). The fraction of sp³-hybridized carbons (Fsp3) is 0.340. The predicted octanol–water partition coefficient (Wildman–Crippen LogP) is 15.2. The molecule has 2 fully saturated rings. The number of unbranched alkanes of at least 4 members (excludes halogenated alkanes) is 1. The first kappa shape index (κ1) is 102. The Kier molecular flexibility index (Phi) is 34.7. The lowest BCUT2D eigenvalue weighted by molar-refractivity contribution is 0.302. The van der Waals surface area contributed by atoms with Gasteiger partial charge in [-0.15, -0.1) is 0 Å². The molecular weight excluding hydrogens is 1780 g/mol. The van der Waals surface area contributed by atoms with Gasteiger partial charge in [0, 0.05) is 127 Å². The predicted molar refractivity (Wildman–Crippen MR) is 548 cm³/mol. The number of hydrogen-bond acceptors (Lipinski definition) is 25. The van der Waals surface area contributed by atoms with Crippen LogP contribution in [0.5, 0.6) is 28.7 Å². The highest BCUT2D eigenvalue weighted by atomic mass is 16.5. The molecule has 0 spiro atoms. The molecule has 0 radical (unpaired) electrons. The molecule has 0 bridgehead atoms. The van der Waals surface area contributed by atoms with E-state index in [0.717, 1.165) is 210 Å². The van der Waals surface area contributed by atoms with Crippen molar-refractivity contribution in [3.63, 3.8) is 0 Å². The van der Waals surface area contributed by atoms with Crippen LogP contribution in [0.1, 0.15) is 199 Å². The van der Waals surface area contributed by atoms with E-state index >= 15 is 0 Å². The van der Waals surface area contributed by atoms with Crippen LogP contribution in [0.15, 0.2) is 249 Å². The highest BCUT2D eigenvalue weighted by Gasteiger charge is 2.31. The first-order valence-electron chi connectivity index (χ1n) is 47.0. The minimum Gasteiger partial charge on any atom is -0.489 e. The normalized spacial score (nSPS) is 12.7. The number of aromatic nitrogens is 20. The molecule has 0 unspecified atom stereocenters. The van der Waals surface area contributed by atoms with E-state index in [2.05, 4.69) is 116 Å². The van der Waals surface area contributed by atoms with E-state index in [9.17, 15) is 24.0 Å². The van der Waals surface area contributed by atoms with Crippen molar-refractivity contribution >= 4 is 28.6 Å². The fourth-order valence-corrected chi connectivity index (χ4v) is 16.0. The molecule has 15 aromatic rings. The van der Waals surface area contributed by atoms with Crippen LogP contribution < -0.4 is 52.1 Å². The molecule has 2 saturated carbocycles. The van der Waals surface area contributed by atoms with Crippen molar-refractivity contribution in [1.29, 1.82) is 0 Å². The maximum Gasteiger partial charge on any atom is 0.368 e. The quantitative estimate of drug-likeness (QED) is 0.0353. The molecule has 35 heteroatoms. The average Bonchev–Trinajstić information content (AvgIpc) is 1.63. The molecule has 5 heterocycles. The molecule has 35 nitrogen and oxygen atoms in total. The van der Waals surface area contributed by atoms with Gasteiger partial charge < -0.3 is 23.7 Å². The van der Waals surface area contributed by atoms with Crippen molar-refractivity contribution < 1.29 is 23.7 Å². The highest BCUT2D eigenvalue weighted by Crippen LogP contribution is 2.45. The van der Waals surface area contributed by atoms with E-state index in [1.165, 1.54) is 57.9 Å². The van der Waals surface area contributed by atoms with E-state index in [1.54, 1.807) is 63.4 Å². The van der Waals surface area contributed by atoms with E-state index in [1.807, 2.05) is 238 Å². The summed E-state index contributed by atoms with van der Waals surface area (Å²) < 4.78 is 43.3. The summed E-state index contributed by atoms with van der Waals surface area (Å²) >= 11 is 0. The van der Waals surface area contributed by atoms with Gasteiger partial charge in [-0.05, 0) is 309 Å². The van der Waals surface area contributed by atoms with E-state index in [0.29, 0.717) is 61.9 Å². The number of tetrazole rings is 5. The van der Waals surface area contributed by atoms with E-state index in [4.69, 9.17) is 23.7 Å². The SMILES string of the molecule is CCC(=NC)c1cccc(OCc2c(C)cccc2-n2nnn(C)c2=O)c1.CCC(=NC)c1cccc(OCc2c(C)cccc2-n2nnn(C)c2=O)c1.CCCCC(=NC)c1cccc(OCc2c(C3CC3)cccc2-n2nnn(C)c2=O)c1.CN=C(C)c1ccc(C)c(OCc2c(C)cccc2-n2nnn(C)c2=O)c1.CN=C(C)c1ccc(C)c(OCc2c(C3CC3)cccc2-n2nnn(C)c2=O)c1. The van der Waals surface area contributed by atoms with Crippen LogP contribution in [0.2, 0.25) is 0 Å². The van der Waals surface area contributed by atoms with Crippen LogP contribution in [-0.2, 0) is 68.3 Å². The van der Waals surface area contributed by atoms with Crippen LogP contribution in [0.25, 0.3) is 28.4 Å². The topological polar surface area (TPSA) is 372 Å². The summed E-state index contributed by atoms with van der Waals surface area (Å²) in [5, 5.41) is 39.0. The summed E-state index contributed by atoms with van der Waals surface area (Å²) in [6, 6.07) is 65.2. The summed E-state index contributed by atoms with van der Waals surface area (Å²) in [5.41, 5.74) is 24.6. The molecule has 10 aromatic carbocycles. The van der Waals surface area contributed by atoms with Gasteiger partial charge in [-0.2, -0.15) is 46.8 Å². The number of nitrogens with zero attached hydrogens (tertiary/aromatic N) is 25. The second kappa shape index (κ2) is 47.8. The third-order valence-corrected chi connectivity index (χ3v) is 24.8. The fourth-order valence-electron chi connectivity index (χ4n) is 16.0. The zero-order chi connectivity index (χ0) is 101. The largest absolute Gasteiger partial charge is 0.489 e. The van der Waals surface area contributed by atoms with Crippen LogP contribution in [0.3, 0.4) is 0 Å². The van der Waals surface area contributed by atoms with Gasteiger partial charge in [-0.3, -0.25) is 25.0 Å². The molecule has 0 N–H and O–H groups in total. The Labute approximate surface area is 818 Å². The number of aryl methyl sites for hydroxylation is 10. The first-order valence-corrected chi connectivity index (χ1v) is 47.0. The molecule has 5 aromatic heterocycles. The van der Waals surface area contributed by atoms with E-state index in [-0.39, 0.29) is 28.4 Å². The number of benzene rings is 10. The van der Waals surface area contributed by atoms with Crippen molar-refractivity contribution in [1.82, 2.24) is 99.0 Å². The molecule has 0 atom stereocenters. The number of hydrogen-bond donors (Lipinski definition) is 0. The Hall–Kier alpha value is -16.1. The Morgan fingerprint density at radius 3 is 0.858 bits per heavy atom. The van der Waals surface area contributed by atoms with Gasteiger partial charge in [0.05, 0.1) is 28.4 Å². The smallest absolute Gasteiger partial charge is 0.368 e. The van der Waals surface area contributed by atoms with Gasteiger partial charge in [-0.25, -0.2) is 24.0 Å². The summed E-state index contributed by atoms with van der Waals surface area (Å²) in [6.07, 6.45) is 9.57. The lowest BCUT2D eigenvalue weighted by Crippen LogP contribution is -2.23. The van der Waals surface area contributed by atoms with Crippen molar-refractivity contribution in [3.05, 3.63) is 347 Å².